The summed E-state index contributed by atoms with van der Waals surface area (Å²) in [7, 11) is 1.58. The number of carbonyl (C=O) groups excluding carboxylic acids is 1. The zero-order chi connectivity index (χ0) is 27.4. The minimum Gasteiger partial charge on any atom is -0.497 e. The highest BCUT2D eigenvalue weighted by atomic mass is 16.5. The Bertz CT molecular complexity index is 1610. The molecule has 4 aromatic carbocycles. The molecule has 39 heavy (non-hydrogen) atoms. The van der Waals surface area contributed by atoms with Crippen molar-refractivity contribution < 1.29 is 23.7 Å². The molecule has 1 unspecified atom stereocenters. The van der Waals surface area contributed by atoms with E-state index < -0.39 is 5.92 Å². The minimum atomic E-state index is -0.463. The molecule has 196 valence electrons. The van der Waals surface area contributed by atoms with Crippen molar-refractivity contribution in [3.05, 3.63) is 101 Å². The van der Waals surface area contributed by atoms with Gasteiger partial charge in [0.2, 0.25) is 5.88 Å². The summed E-state index contributed by atoms with van der Waals surface area (Å²) in [5.74, 6) is 1.48. The maximum absolute atomic E-state index is 12.5. The summed E-state index contributed by atoms with van der Waals surface area (Å²) in [6.07, 6.45) is 0. The summed E-state index contributed by atoms with van der Waals surface area (Å²) >= 11 is 0. The molecule has 3 N–H and O–H groups in total. The SMILES string of the molecule is CCOc1cc(C2C(C#N)=C(N)Oc3c2ccc2ccccc32)ccc1OCC(=O)Nc1ccc(OC)cc1. The Morgan fingerprint density at radius 1 is 1.03 bits per heavy atom. The predicted molar refractivity (Wildman–Crippen MR) is 148 cm³/mol. The van der Waals surface area contributed by atoms with E-state index in [2.05, 4.69) is 11.4 Å². The van der Waals surface area contributed by atoms with E-state index in [9.17, 15) is 10.1 Å². The number of methoxy groups -OCH3 is 1. The van der Waals surface area contributed by atoms with Crippen LogP contribution in [0.4, 0.5) is 5.69 Å². The number of allylic oxidation sites excluding steroid dienone is 1. The van der Waals surface area contributed by atoms with Crippen molar-refractivity contribution in [3.8, 4) is 29.1 Å². The number of ether oxygens (including phenoxy) is 4. The van der Waals surface area contributed by atoms with Gasteiger partial charge in [-0.15, -0.1) is 0 Å². The fourth-order valence-electron chi connectivity index (χ4n) is 4.64. The highest BCUT2D eigenvalue weighted by molar-refractivity contribution is 5.92. The second-order valence-electron chi connectivity index (χ2n) is 8.83. The number of anilines is 1. The van der Waals surface area contributed by atoms with Crippen LogP contribution in [0, 0.1) is 11.3 Å². The largest absolute Gasteiger partial charge is 0.497 e. The maximum Gasteiger partial charge on any atom is 0.262 e. The first-order valence-electron chi connectivity index (χ1n) is 12.4. The highest BCUT2D eigenvalue weighted by Crippen LogP contribution is 2.46. The third kappa shape index (κ3) is 5.15. The first-order chi connectivity index (χ1) is 19.0. The minimum absolute atomic E-state index is 0.0693. The first-order valence-corrected chi connectivity index (χ1v) is 12.4. The van der Waals surface area contributed by atoms with E-state index in [0.29, 0.717) is 40.9 Å². The van der Waals surface area contributed by atoms with Crippen molar-refractivity contribution in [2.75, 3.05) is 25.6 Å². The number of hydrogen-bond acceptors (Lipinski definition) is 7. The van der Waals surface area contributed by atoms with Crippen LogP contribution in [0.1, 0.15) is 24.0 Å². The Morgan fingerprint density at radius 2 is 1.82 bits per heavy atom. The molecule has 8 nitrogen and oxygen atoms in total. The van der Waals surface area contributed by atoms with E-state index in [1.165, 1.54) is 0 Å². The average Bonchev–Trinajstić information content (AvgIpc) is 2.96. The number of nitriles is 1. The number of amides is 1. The molecule has 0 radical (unpaired) electrons. The van der Waals surface area contributed by atoms with E-state index in [0.717, 1.165) is 21.9 Å². The lowest BCUT2D eigenvalue weighted by molar-refractivity contribution is -0.118. The van der Waals surface area contributed by atoms with Crippen LogP contribution in [0.2, 0.25) is 0 Å². The van der Waals surface area contributed by atoms with Gasteiger partial charge < -0.3 is 30.0 Å². The topological polar surface area (TPSA) is 116 Å². The normalized spacial score (nSPS) is 14.1. The molecule has 1 heterocycles. The molecule has 0 aromatic heterocycles. The third-order valence-corrected chi connectivity index (χ3v) is 6.44. The lowest BCUT2D eigenvalue weighted by Crippen LogP contribution is -2.21. The summed E-state index contributed by atoms with van der Waals surface area (Å²) in [4.78, 5) is 12.5. The molecule has 1 amide bonds. The van der Waals surface area contributed by atoms with Gasteiger partial charge in [-0.25, -0.2) is 0 Å². The summed E-state index contributed by atoms with van der Waals surface area (Å²) < 4.78 is 22.8. The van der Waals surface area contributed by atoms with Crippen LogP contribution in [0.3, 0.4) is 0 Å². The monoisotopic (exact) mass is 521 g/mol. The van der Waals surface area contributed by atoms with Gasteiger partial charge in [0.05, 0.1) is 19.6 Å². The van der Waals surface area contributed by atoms with E-state index in [1.54, 1.807) is 37.4 Å². The van der Waals surface area contributed by atoms with E-state index in [1.807, 2.05) is 55.5 Å². The summed E-state index contributed by atoms with van der Waals surface area (Å²) in [6, 6.07) is 26.5. The molecule has 0 spiro atoms. The molecular weight excluding hydrogens is 494 g/mol. The molecule has 1 atom stereocenters. The average molecular weight is 522 g/mol. The van der Waals surface area contributed by atoms with Crippen molar-refractivity contribution in [1.29, 1.82) is 5.26 Å². The number of rotatable bonds is 8. The molecular formula is C31H27N3O5. The zero-order valence-electron chi connectivity index (χ0n) is 21.6. The van der Waals surface area contributed by atoms with Crippen LogP contribution in [-0.2, 0) is 4.79 Å². The van der Waals surface area contributed by atoms with E-state index in [-0.39, 0.29) is 18.4 Å². The predicted octanol–water partition coefficient (Wildman–Crippen LogP) is 5.48. The van der Waals surface area contributed by atoms with Crippen molar-refractivity contribution in [2.24, 2.45) is 5.73 Å². The zero-order valence-corrected chi connectivity index (χ0v) is 21.6. The van der Waals surface area contributed by atoms with Gasteiger partial charge in [-0.05, 0) is 54.3 Å². The summed E-state index contributed by atoms with van der Waals surface area (Å²) in [6.45, 7) is 2.03. The smallest absolute Gasteiger partial charge is 0.262 e. The van der Waals surface area contributed by atoms with Gasteiger partial charge in [-0.1, -0.05) is 42.5 Å². The van der Waals surface area contributed by atoms with E-state index >= 15 is 0 Å². The molecule has 1 aliphatic rings. The van der Waals surface area contributed by atoms with Crippen LogP contribution >= 0.6 is 0 Å². The first kappa shape index (κ1) is 25.5. The summed E-state index contributed by atoms with van der Waals surface area (Å²) in [5.41, 5.74) is 8.79. The lowest BCUT2D eigenvalue weighted by Gasteiger charge is -2.28. The molecule has 0 saturated carbocycles. The van der Waals surface area contributed by atoms with Crippen molar-refractivity contribution in [2.45, 2.75) is 12.8 Å². The van der Waals surface area contributed by atoms with Crippen LogP contribution < -0.4 is 30.0 Å². The number of nitrogens with zero attached hydrogens (tertiary/aromatic N) is 1. The molecule has 4 aromatic rings. The van der Waals surface area contributed by atoms with Crippen LogP contribution in [-0.4, -0.2) is 26.2 Å². The number of carbonyl (C=O) groups is 1. The number of fused-ring (bicyclic) bond motifs is 3. The number of nitrogens with one attached hydrogen (secondary N) is 1. The van der Waals surface area contributed by atoms with E-state index in [4.69, 9.17) is 24.7 Å². The quantitative estimate of drug-likeness (QED) is 0.315. The van der Waals surface area contributed by atoms with Crippen molar-refractivity contribution >= 4 is 22.4 Å². The second kappa shape index (κ2) is 11.1. The maximum atomic E-state index is 12.5. The highest BCUT2D eigenvalue weighted by Gasteiger charge is 2.32. The fourth-order valence-corrected chi connectivity index (χ4v) is 4.64. The lowest BCUT2D eigenvalue weighted by atomic mass is 9.82. The Hall–Kier alpha value is -5.16. The summed E-state index contributed by atoms with van der Waals surface area (Å²) in [5, 5.41) is 14.7. The van der Waals surface area contributed by atoms with Gasteiger partial charge in [0.1, 0.15) is 23.1 Å². The van der Waals surface area contributed by atoms with Gasteiger partial charge >= 0.3 is 0 Å². The molecule has 8 heteroatoms. The van der Waals surface area contributed by atoms with Crippen LogP contribution in [0.25, 0.3) is 10.8 Å². The molecule has 0 saturated heterocycles. The Balaban J connectivity index is 1.43. The molecule has 1 aliphatic heterocycles. The molecule has 0 aliphatic carbocycles. The standard InChI is InChI=1S/C31H27N3O5/c1-3-37-27-16-20(9-15-26(27)38-18-28(35)34-21-10-12-22(36-2)13-11-21)29-24-14-8-19-6-4-5-7-23(19)30(24)39-31(33)25(29)17-32/h4-16,29H,3,18,33H2,1-2H3,(H,34,35). The van der Waals surface area contributed by atoms with Gasteiger partial charge in [0, 0.05) is 16.6 Å². The number of benzene rings is 4. The number of hydrogen-bond donors (Lipinski definition) is 2. The van der Waals surface area contributed by atoms with Crippen LogP contribution in [0.5, 0.6) is 23.0 Å². The number of nitrogens with two attached hydrogens (primary N) is 1. The van der Waals surface area contributed by atoms with Gasteiger partial charge in [0.25, 0.3) is 5.91 Å². The molecule has 0 fully saturated rings. The Morgan fingerprint density at radius 3 is 2.56 bits per heavy atom. The Kier molecular flexibility index (Phi) is 7.23. The fraction of sp³-hybridized carbons (Fsp3) is 0.161. The van der Waals surface area contributed by atoms with Gasteiger partial charge in [0.15, 0.2) is 18.1 Å². The molecule has 0 bridgehead atoms. The van der Waals surface area contributed by atoms with Crippen LogP contribution in [0.15, 0.2) is 90.3 Å². The van der Waals surface area contributed by atoms with Crippen molar-refractivity contribution in [1.82, 2.24) is 0 Å². The molecule has 5 rings (SSSR count). The third-order valence-electron chi connectivity index (χ3n) is 6.44. The van der Waals surface area contributed by atoms with Gasteiger partial charge in [-0.3, -0.25) is 4.79 Å². The van der Waals surface area contributed by atoms with Crippen molar-refractivity contribution in [3.63, 3.8) is 0 Å². The Labute approximate surface area is 226 Å². The second-order valence-corrected chi connectivity index (χ2v) is 8.83. The van der Waals surface area contributed by atoms with Gasteiger partial charge in [-0.2, -0.15) is 5.26 Å².